The van der Waals surface area contributed by atoms with E-state index in [1.807, 2.05) is 0 Å². The zero-order valence-corrected chi connectivity index (χ0v) is 15.0. The van der Waals surface area contributed by atoms with Crippen LogP contribution in [-0.4, -0.2) is 11.8 Å². The molecular formula is C20H34N2O2. The van der Waals surface area contributed by atoms with Crippen molar-refractivity contribution in [2.75, 3.05) is 0 Å². The number of amides is 2. The predicted octanol–water partition coefficient (Wildman–Crippen LogP) is 3.66. The second kappa shape index (κ2) is 7.05. The SMILES string of the molecule is NC(=O)C1(C2CCCCC2)CCC(C(N)=O)(C2CCCCC2)CC1. The largest absolute Gasteiger partial charge is 0.369 e. The second-order valence-corrected chi connectivity index (χ2v) is 8.71. The van der Waals surface area contributed by atoms with Crippen molar-refractivity contribution in [3.8, 4) is 0 Å². The van der Waals surface area contributed by atoms with Gasteiger partial charge in [-0.05, 0) is 63.2 Å². The van der Waals surface area contributed by atoms with Crippen LogP contribution in [-0.2, 0) is 9.59 Å². The molecule has 0 aliphatic heterocycles. The molecule has 3 aliphatic carbocycles. The van der Waals surface area contributed by atoms with Crippen LogP contribution in [0.5, 0.6) is 0 Å². The second-order valence-electron chi connectivity index (χ2n) is 8.71. The number of carbonyl (C=O) groups excluding carboxylic acids is 2. The van der Waals surface area contributed by atoms with E-state index in [1.165, 1.54) is 38.5 Å². The molecule has 3 rings (SSSR count). The van der Waals surface area contributed by atoms with Gasteiger partial charge in [0.1, 0.15) is 0 Å². The van der Waals surface area contributed by atoms with Crippen LogP contribution in [0.2, 0.25) is 0 Å². The van der Waals surface area contributed by atoms with Crippen molar-refractivity contribution < 1.29 is 9.59 Å². The lowest BCUT2D eigenvalue weighted by atomic mass is 9.52. The van der Waals surface area contributed by atoms with Crippen molar-refractivity contribution >= 4 is 11.8 Å². The average molecular weight is 335 g/mol. The lowest BCUT2D eigenvalue weighted by Crippen LogP contribution is -2.53. The Hall–Kier alpha value is -1.06. The number of carbonyl (C=O) groups is 2. The molecule has 3 aliphatic rings. The highest BCUT2D eigenvalue weighted by Crippen LogP contribution is 2.56. The molecule has 24 heavy (non-hydrogen) atoms. The summed E-state index contributed by atoms with van der Waals surface area (Å²) in [6.45, 7) is 0. The van der Waals surface area contributed by atoms with Gasteiger partial charge in [0.2, 0.25) is 11.8 Å². The van der Waals surface area contributed by atoms with Gasteiger partial charge < -0.3 is 11.5 Å². The fourth-order valence-electron chi connectivity index (χ4n) is 6.16. The molecule has 4 heteroatoms. The van der Waals surface area contributed by atoms with Crippen molar-refractivity contribution in [1.82, 2.24) is 0 Å². The van der Waals surface area contributed by atoms with Crippen LogP contribution in [0, 0.1) is 22.7 Å². The van der Waals surface area contributed by atoms with Crippen molar-refractivity contribution in [3.63, 3.8) is 0 Å². The lowest BCUT2D eigenvalue weighted by molar-refractivity contribution is -0.147. The van der Waals surface area contributed by atoms with Crippen LogP contribution in [0.15, 0.2) is 0 Å². The Balaban J connectivity index is 1.79. The maximum Gasteiger partial charge on any atom is 0.223 e. The van der Waals surface area contributed by atoms with E-state index in [0.717, 1.165) is 51.4 Å². The first-order chi connectivity index (χ1) is 11.5. The van der Waals surface area contributed by atoms with E-state index >= 15 is 0 Å². The molecule has 0 atom stereocenters. The van der Waals surface area contributed by atoms with Crippen LogP contribution in [0.1, 0.15) is 89.9 Å². The highest BCUT2D eigenvalue weighted by atomic mass is 16.2. The Morgan fingerprint density at radius 3 is 1.12 bits per heavy atom. The Labute approximate surface area is 146 Å². The van der Waals surface area contributed by atoms with E-state index in [-0.39, 0.29) is 22.6 Å². The maximum absolute atomic E-state index is 12.4. The molecule has 4 nitrogen and oxygen atoms in total. The van der Waals surface area contributed by atoms with E-state index < -0.39 is 0 Å². The van der Waals surface area contributed by atoms with Gasteiger partial charge in [-0.1, -0.05) is 38.5 Å². The number of primary amides is 2. The van der Waals surface area contributed by atoms with E-state index in [4.69, 9.17) is 11.5 Å². The standard InChI is InChI=1S/C20H34N2O2/c21-17(23)19(15-7-3-1-4-8-15)11-13-20(14-12-19,18(22)24)16-9-5-2-6-10-16/h15-16H,1-14H2,(H2,21,23)(H2,22,24). The quantitative estimate of drug-likeness (QED) is 0.822. The molecule has 0 aromatic carbocycles. The smallest absolute Gasteiger partial charge is 0.223 e. The monoisotopic (exact) mass is 334 g/mol. The van der Waals surface area contributed by atoms with Crippen LogP contribution in [0.3, 0.4) is 0 Å². The molecule has 4 N–H and O–H groups in total. The first kappa shape index (κ1) is 17.8. The summed E-state index contributed by atoms with van der Waals surface area (Å²) in [5.41, 5.74) is 11.1. The third-order valence-corrected chi connectivity index (χ3v) is 7.79. The molecule has 0 aromatic rings. The molecule has 0 spiro atoms. The summed E-state index contributed by atoms with van der Waals surface area (Å²) < 4.78 is 0. The molecule has 3 saturated carbocycles. The van der Waals surface area contributed by atoms with E-state index in [1.54, 1.807) is 0 Å². The molecule has 136 valence electrons. The van der Waals surface area contributed by atoms with Gasteiger partial charge in [-0.2, -0.15) is 0 Å². The number of hydrogen-bond donors (Lipinski definition) is 2. The maximum atomic E-state index is 12.4. The topological polar surface area (TPSA) is 86.2 Å². The molecule has 2 amide bonds. The molecule has 0 heterocycles. The average Bonchev–Trinajstić information content (AvgIpc) is 2.63. The Kier molecular flexibility index (Phi) is 5.22. The zero-order valence-electron chi connectivity index (χ0n) is 15.0. The molecular weight excluding hydrogens is 300 g/mol. The summed E-state index contributed by atoms with van der Waals surface area (Å²) >= 11 is 0. The minimum absolute atomic E-state index is 0.129. The first-order valence-corrected chi connectivity index (χ1v) is 10.1. The number of nitrogens with two attached hydrogens (primary N) is 2. The molecule has 3 fully saturated rings. The summed E-state index contributed by atoms with van der Waals surface area (Å²) in [6, 6.07) is 0. The molecule has 0 aromatic heterocycles. The third-order valence-electron chi connectivity index (χ3n) is 7.79. The molecule has 0 radical (unpaired) electrons. The van der Waals surface area contributed by atoms with Gasteiger partial charge in [0.05, 0.1) is 10.8 Å². The summed E-state index contributed by atoms with van der Waals surface area (Å²) in [5.74, 6) is 0.578. The minimum Gasteiger partial charge on any atom is -0.369 e. The van der Waals surface area contributed by atoms with Gasteiger partial charge in [-0.3, -0.25) is 9.59 Å². The van der Waals surface area contributed by atoms with E-state index in [2.05, 4.69) is 0 Å². The van der Waals surface area contributed by atoms with Gasteiger partial charge in [0, 0.05) is 0 Å². The first-order valence-electron chi connectivity index (χ1n) is 10.1. The molecule has 0 bridgehead atoms. The Morgan fingerprint density at radius 1 is 0.583 bits per heavy atom. The van der Waals surface area contributed by atoms with Crippen LogP contribution >= 0.6 is 0 Å². The molecule has 0 saturated heterocycles. The van der Waals surface area contributed by atoms with Gasteiger partial charge >= 0.3 is 0 Å². The van der Waals surface area contributed by atoms with Gasteiger partial charge in [-0.15, -0.1) is 0 Å². The van der Waals surface area contributed by atoms with Crippen molar-refractivity contribution in [1.29, 1.82) is 0 Å². The van der Waals surface area contributed by atoms with Crippen LogP contribution < -0.4 is 11.5 Å². The normalized spacial score (nSPS) is 36.3. The Morgan fingerprint density at radius 2 is 0.875 bits per heavy atom. The van der Waals surface area contributed by atoms with Crippen molar-refractivity contribution in [3.05, 3.63) is 0 Å². The third kappa shape index (κ3) is 2.97. The van der Waals surface area contributed by atoms with E-state index in [9.17, 15) is 9.59 Å². The summed E-state index contributed by atoms with van der Waals surface area (Å²) in [7, 11) is 0. The van der Waals surface area contributed by atoms with Gasteiger partial charge in [0.25, 0.3) is 0 Å². The summed E-state index contributed by atoms with van der Waals surface area (Å²) in [5, 5.41) is 0. The summed E-state index contributed by atoms with van der Waals surface area (Å²) in [6.07, 6.45) is 15.0. The highest BCUT2D eigenvalue weighted by Gasteiger charge is 2.54. The fourth-order valence-corrected chi connectivity index (χ4v) is 6.16. The minimum atomic E-state index is -0.381. The van der Waals surface area contributed by atoms with Crippen LogP contribution in [0.25, 0.3) is 0 Å². The zero-order chi connectivity index (χ0) is 17.2. The predicted molar refractivity (Wildman–Crippen MR) is 94.9 cm³/mol. The molecule has 0 unspecified atom stereocenters. The number of rotatable bonds is 4. The van der Waals surface area contributed by atoms with Gasteiger partial charge in [-0.25, -0.2) is 0 Å². The van der Waals surface area contributed by atoms with Crippen molar-refractivity contribution in [2.45, 2.75) is 89.9 Å². The lowest BCUT2D eigenvalue weighted by Gasteiger charge is -2.51. The number of hydrogen-bond acceptors (Lipinski definition) is 2. The van der Waals surface area contributed by atoms with Crippen LogP contribution in [0.4, 0.5) is 0 Å². The van der Waals surface area contributed by atoms with Gasteiger partial charge in [0.15, 0.2) is 0 Å². The highest BCUT2D eigenvalue weighted by molar-refractivity contribution is 5.84. The van der Waals surface area contributed by atoms with Crippen molar-refractivity contribution in [2.24, 2.45) is 34.1 Å². The fraction of sp³-hybridized carbons (Fsp3) is 0.900. The van der Waals surface area contributed by atoms with E-state index in [0.29, 0.717) is 11.8 Å². The summed E-state index contributed by atoms with van der Waals surface area (Å²) in [4.78, 5) is 24.9. The Bertz CT molecular complexity index is 424.